The lowest BCUT2D eigenvalue weighted by Gasteiger charge is -2.03. The maximum absolute atomic E-state index is 13.3. The lowest BCUT2D eigenvalue weighted by molar-refractivity contribution is -0.116. The van der Waals surface area contributed by atoms with Crippen molar-refractivity contribution in [3.8, 4) is 0 Å². The zero-order chi connectivity index (χ0) is 10.6. The standard InChI is InChI=1S/C11H13FO2/c1-8(13)5-10-4-3-9(7-14-2)6-11(10)12/h3-4,6H,5,7H2,1-2H3. The monoisotopic (exact) mass is 196 g/mol. The van der Waals surface area contributed by atoms with E-state index in [1.54, 1.807) is 19.2 Å². The molecule has 14 heavy (non-hydrogen) atoms. The van der Waals surface area contributed by atoms with E-state index in [0.717, 1.165) is 5.56 Å². The quantitative estimate of drug-likeness (QED) is 0.737. The first-order chi connectivity index (χ1) is 6.63. The number of ketones is 1. The molecule has 1 rings (SSSR count). The van der Waals surface area contributed by atoms with Gasteiger partial charge in [0.15, 0.2) is 0 Å². The smallest absolute Gasteiger partial charge is 0.134 e. The number of hydrogen-bond acceptors (Lipinski definition) is 2. The summed E-state index contributed by atoms with van der Waals surface area (Å²) in [4.78, 5) is 10.8. The molecule has 0 aliphatic heterocycles. The van der Waals surface area contributed by atoms with Crippen molar-refractivity contribution in [2.45, 2.75) is 20.0 Å². The molecule has 0 saturated heterocycles. The van der Waals surface area contributed by atoms with Crippen molar-refractivity contribution in [2.24, 2.45) is 0 Å². The van der Waals surface area contributed by atoms with Gasteiger partial charge in [-0.15, -0.1) is 0 Å². The molecule has 0 aliphatic carbocycles. The van der Waals surface area contributed by atoms with E-state index in [-0.39, 0.29) is 18.0 Å². The second kappa shape index (κ2) is 4.86. The molecule has 0 aromatic heterocycles. The first kappa shape index (κ1) is 10.9. The number of Topliss-reactive ketones (excluding diaryl/α,β-unsaturated/α-hetero) is 1. The van der Waals surface area contributed by atoms with E-state index in [1.807, 2.05) is 0 Å². The average molecular weight is 196 g/mol. The SMILES string of the molecule is COCc1ccc(CC(C)=O)c(F)c1. The van der Waals surface area contributed by atoms with Crippen LogP contribution in [0.5, 0.6) is 0 Å². The molecule has 2 nitrogen and oxygen atoms in total. The third-order valence-electron chi connectivity index (χ3n) is 1.87. The highest BCUT2D eigenvalue weighted by atomic mass is 19.1. The van der Waals surface area contributed by atoms with E-state index < -0.39 is 0 Å². The molecular weight excluding hydrogens is 183 g/mol. The molecule has 0 saturated carbocycles. The van der Waals surface area contributed by atoms with Crippen molar-refractivity contribution < 1.29 is 13.9 Å². The van der Waals surface area contributed by atoms with Crippen LogP contribution in [0, 0.1) is 5.82 Å². The van der Waals surface area contributed by atoms with Gasteiger partial charge >= 0.3 is 0 Å². The molecule has 0 radical (unpaired) electrons. The van der Waals surface area contributed by atoms with Crippen LogP contribution in [-0.4, -0.2) is 12.9 Å². The Labute approximate surface area is 82.7 Å². The first-order valence-electron chi connectivity index (χ1n) is 4.39. The Bertz CT molecular complexity index is 334. The van der Waals surface area contributed by atoms with Crippen LogP contribution in [0.4, 0.5) is 4.39 Å². The van der Waals surface area contributed by atoms with Gasteiger partial charge in [0.1, 0.15) is 11.6 Å². The van der Waals surface area contributed by atoms with Gasteiger partial charge in [0.2, 0.25) is 0 Å². The van der Waals surface area contributed by atoms with Crippen molar-refractivity contribution in [1.29, 1.82) is 0 Å². The van der Waals surface area contributed by atoms with Gasteiger partial charge in [-0.25, -0.2) is 4.39 Å². The zero-order valence-electron chi connectivity index (χ0n) is 8.34. The van der Waals surface area contributed by atoms with Gasteiger partial charge in [-0.3, -0.25) is 4.79 Å². The third-order valence-corrected chi connectivity index (χ3v) is 1.87. The molecule has 0 aliphatic rings. The highest BCUT2D eigenvalue weighted by Crippen LogP contribution is 2.12. The minimum Gasteiger partial charge on any atom is -0.380 e. The van der Waals surface area contributed by atoms with Crippen LogP contribution in [-0.2, 0) is 22.6 Å². The Kier molecular flexibility index (Phi) is 3.77. The molecule has 0 spiro atoms. The summed E-state index contributed by atoms with van der Waals surface area (Å²) in [6.07, 6.45) is 0.152. The Morgan fingerprint density at radius 3 is 2.71 bits per heavy atom. The maximum atomic E-state index is 13.3. The fourth-order valence-electron chi connectivity index (χ4n) is 1.26. The van der Waals surface area contributed by atoms with Gasteiger partial charge in [-0.05, 0) is 24.1 Å². The van der Waals surface area contributed by atoms with E-state index in [4.69, 9.17) is 4.74 Å². The van der Waals surface area contributed by atoms with Crippen LogP contribution >= 0.6 is 0 Å². The largest absolute Gasteiger partial charge is 0.380 e. The molecular formula is C11H13FO2. The average Bonchev–Trinajstić information content (AvgIpc) is 2.10. The molecule has 76 valence electrons. The molecule has 0 unspecified atom stereocenters. The summed E-state index contributed by atoms with van der Waals surface area (Å²) >= 11 is 0. The van der Waals surface area contributed by atoms with Crippen molar-refractivity contribution >= 4 is 5.78 Å². The van der Waals surface area contributed by atoms with Crippen molar-refractivity contribution in [3.63, 3.8) is 0 Å². The summed E-state index contributed by atoms with van der Waals surface area (Å²) in [5.74, 6) is -0.377. The third kappa shape index (κ3) is 2.92. The zero-order valence-corrected chi connectivity index (χ0v) is 8.34. The van der Waals surface area contributed by atoms with Crippen LogP contribution in [0.25, 0.3) is 0 Å². The van der Waals surface area contributed by atoms with Gasteiger partial charge in [-0.1, -0.05) is 12.1 Å². The Morgan fingerprint density at radius 2 is 2.21 bits per heavy atom. The van der Waals surface area contributed by atoms with E-state index in [0.29, 0.717) is 12.2 Å². The van der Waals surface area contributed by atoms with Gasteiger partial charge in [0.05, 0.1) is 6.61 Å². The van der Waals surface area contributed by atoms with Gasteiger partial charge in [0, 0.05) is 13.5 Å². The highest BCUT2D eigenvalue weighted by Gasteiger charge is 2.05. The Hall–Kier alpha value is -1.22. The molecule has 1 aromatic rings. The number of carbonyl (C=O) groups is 1. The maximum Gasteiger partial charge on any atom is 0.134 e. The fourth-order valence-corrected chi connectivity index (χ4v) is 1.26. The van der Waals surface area contributed by atoms with Crippen LogP contribution in [0.1, 0.15) is 18.1 Å². The summed E-state index contributed by atoms with van der Waals surface area (Å²) < 4.78 is 18.2. The van der Waals surface area contributed by atoms with Gasteiger partial charge < -0.3 is 4.74 Å². The minimum atomic E-state index is -0.338. The Balaban J connectivity index is 2.84. The topological polar surface area (TPSA) is 26.3 Å². The Morgan fingerprint density at radius 1 is 1.50 bits per heavy atom. The van der Waals surface area contributed by atoms with Crippen LogP contribution in [0.15, 0.2) is 18.2 Å². The van der Waals surface area contributed by atoms with E-state index in [1.165, 1.54) is 13.0 Å². The predicted octanol–water partition coefficient (Wildman–Crippen LogP) is 2.10. The lowest BCUT2D eigenvalue weighted by Crippen LogP contribution is -2.00. The van der Waals surface area contributed by atoms with Crippen molar-refractivity contribution in [1.82, 2.24) is 0 Å². The normalized spacial score (nSPS) is 10.2. The molecule has 0 amide bonds. The first-order valence-corrected chi connectivity index (χ1v) is 4.39. The fraction of sp³-hybridized carbons (Fsp3) is 0.364. The molecule has 0 N–H and O–H groups in total. The molecule has 0 fully saturated rings. The summed E-state index contributed by atoms with van der Waals surface area (Å²) in [5.41, 5.74) is 1.22. The minimum absolute atomic E-state index is 0.0385. The molecule has 0 heterocycles. The van der Waals surface area contributed by atoms with Gasteiger partial charge in [-0.2, -0.15) is 0 Å². The summed E-state index contributed by atoms with van der Waals surface area (Å²) in [5, 5.41) is 0. The number of rotatable bonds is 4. The number of carbonyl (C=O) groups excluding carboxylic acids is 1. The van der Waals surface area contributed by atoms with E-state index >= 15 is 0 Å². The molecule has 1 aromatic carbocycles. The van der Waals surface area contributed by atoms with Crippen LogP contribution in [0.2, 0.25) is 0 Å². The van der Waals surface area contributed by atoms with Crippen molar-refractivity contribution in [2.75, 3.05) is 7.11 Å². The van der Waals surface area contributed by atoms with E-state index in [9.17, 15) is 9.18 Å². The summed E-state index contributed by atoms with van der Waals surface area (Å²) in [6.45, 7) is 1.83. The second-order valence-electron chi connectivity index (χ2n) is 3.24. The van der Waals surface area contributed by atoms with Gasteiger partial charge in [0.25, 0.3) is 0 Å². The van der Waals surface area contributed by atoms with E-state index in [2.05, 4.69) is 0 Å². The predicted molar refractivity (Wildman–Crippen MR) is 51.5 cm³/mol. The van der Waals surface area contributed by atoms with Crippen LogP contribution in [0.3, 0.4) is 0 Å². The number of benzene rings is 1. The number of halogens is 1. The number of methoxy groups -OCH3 is 1. The lowest BCUT2D eigenvalue weighted by atomic mass is 10.1. The van der Waals surface area contributed by atoms with Crippen molar-refractivity contribution in [3.05, 3.63) is 35.1 Å². The summed E-state index contributed by atoms with van der Waals surface area (Å²) in [6, 6.07) is 4.80. The number of hydrogen-bond donors (Lipinski definition) is 0. The molecule has 0 bridgehead atoms. The number of ether oxygens (including phenoxy) is 1. The summed E-state index contributed by atoms with van der Waals surface area (Å²) in [7, 11) is 1.56. The second-order valence-corrected chi connectivity index (χ2v) is 3.24. The molecule has 0 atom stereocenters. The molecule has 3 heteroatoms. The van der Waals surface area contributed by atoms with Crippen LogP contribution < -0.4 is 0 Å². The highest BCUT2D eigenvalue weighted by molar-refractivity contribution is 5.78.